The van der Waals surface area contributed by atoms with Gasteiger partial charge in [0.15, 0.2) is 0 Å². The summed E-state index contributed by atoms with van der Waals surface area (Å²) in [7, 11) is 0. The number of halogens is 3. The minimum absolute atomic E-state index is 0.803. The maximum atomic E-state index is 5.95. The maximum Gasteiger partial charge on any atom is 0.0449 e. The molecule has 0 saturated carbocycles. The first-order valence-electron chi connectivity index (χ1n) is 3.16. The first-order chi connectivity index (χ1) is 5.16. The molecular formula is C8H7Br2Cl. The predicted octanol–water partition coefficient (Wildman–Crippen LogP) is 4.31. The van der Waals surface area contributed by atoms with E-state index in [0.29, 0.717) is 0 Å². The van der Waals surface area contributed by atoms with Gasteiger partial charge >= 0.3 is 0 Å². The second-order valence-electron chi connectivity index (χ2n) is 2.27. The standard InChI is InChI=1S/C8H7Br2Cl/c1-5-6(4-9)8(11)3-2-7(5)10/h2-3H,4H2,1H3. The van der Waals surface area contributed by atoms with Crippen molar-refractivity contribution in [3.05, 3.63) is 32.8 Å². The van der Waals surface area contributed by atoms with Gasteiger partial charge in [-0.05, 0) is 30.2 Å². The highest BCUT2D eigenvalue weighted by Gasteiger charge is 2.04. The second-order valence-corrected chi connectivity index (χ2v) is 4.09. The SMILES string of the molecule is Cc1c(Br)ccc(Cl)c1CBr. The summed E-state index contributed by atoms with van der Waals surface area (Å²) < 4.78 is 1.11. The third kappa shape index (κ3) is 1.98. The van der Waals surface area contributed by atoms with Crippen LogP contribution in [-0.4, -0.2) is 0 Å². The third-order valence-electron chi connectivity index (χ3n) is 1.61. The fraction of sp³-hybridized carbons (Fsp3) is 0.250. The molecule has 0 atom stereocenters. The fourth-order valence-corrected chi connectivity index (χ4v) is 2.39. The van der Waals surface area contributed by atoms with Crippen molar-refractivity contribution in [2.24, 2.45) is 0 Å². The summed E-state index contributed by atoms with van der Waals surface area (Å²) in [5, 5.41) is 1.62. The smallest absolute Gasteiger partial charge is 0.0449 e. The Morgan fingerprint density at radius 1 is 1.45 bits per heavy atom. The van der Waals surface area contributed by atoms with Crippen LogP contribution >= 0.6 is 43.5 Å². The molecule has 0 saturated heterocycles. The molecule has 60 valence electrons. The fourth-order valence-electron chi connectivity index (χ4n) is 0.859. The Balaban J connectivity index is 3.29. The molecule has 0 fully saturated rings. The molecule has 0 aliphatic heterocycles. The summed E-state index contributed by atoms with van der Waals surface area (Å²) in [5.41, 5.74) is 2.36. The van der Waals surface area contributed by atoms with Crippen molar-refractivity contribution >= 4 is 43.5 Å². The Labute approximate surface area is 88.2 Å². The van der Waals surface area contributed by atoms with Gasteiger partial charge in [0.2, 0.25) is 0 Å². The van der Waals surface area contributed by atoms with E-state index in [1.54, 1.807) is 0 Å². The van der Waals surface area contributed by atoms with Gasteiger partial charge in [-0.3, -0.25) is 0 Å². The lowest BCUT2D eigenvalue weighted by Gasteiger charge is -2.05. The van der Waals surface area contributed by atoms with E-state index in [1.165, 1.54) is 5.56 Å². The van der Waals surface area contributed by atoms with E-state index < -0.39 is 0 Å². The van der Waals surface area contributed by atoms with Crippen molar-refractivity contribution in [1.29, 1.82) is 0 Å². The van der Waals surface area contributed by atoms with Crippen LogP contribution in [0.25, 0.3) is 0 Å². The van der Waals surface area contributed by atoms with Crippen LogP contribution in [0.15, 0.2) is 16.6 Å². The van der Waals surface area contributed by atoms with Crippen molar-refractivity contribution in [3.63, 3.8) is 0 Å². The average molecular weight is 298 g/mol. The topological polar surface area (TPSA) is 0 Å². The lowest BCUT2D eigenvalue weighted by molar-refractivity contribution is 1.30. The molecule has 0 spiro atoms. The maximum absolute atomic E-state index is 5.95. The molecule has 1 aromatic carbocycles. The normalized spacial score (nSPS) is 10.2. The van der Waals surface area contributed by atoms with Gasteiger partial charge in [0.25, 0.3) is 0 Å². The molecule has 1 aromatic rings. The Kier molecular flexibility index (Phi) is 3.41. The molecule has 0 heterocycles. The zero-order valence-electron chi connectivity index (χ0n) is 6.00. The van der Waals surface area contributed by atoms with Crippen LogP contribution < -0.4 is 0 Å². The summed E-state index contributed by atoms with van der Waals surface area (Å²) >= 11 is 12.8. The first kappa shape index (κ1) is 9.56. The van der Waals surface area contributed by atoms with E-state index in [2.05, 4.69) is 31.9 Å². The molecule has 0 aromatic heterocycles. The summed E-state index contributed by atoms with van der Waals surface area (Å²) in [6.45, 7) is 2.05. The van der Waals surface area contributed by atoms with Gasteiger partial charge < -0.3 is 0 Å². The quantitative estimate of drug-likeness (QED) is 0.678. The molecule has 0 aliphatic rings. The summed E-state index contributed by atoms with van der Waals surface area (Å²) in [4.78, 5) is 0. The molecule has 0 N–H and O–H groups in total. The zero-order chi connectivity index (χ0) is 8.43. The van der Waals surface area contributed by atoms with Gasteiger partial charge in [-0.15, -0.1) is 0 Å². The van der Waals surface area contributed by atoms with Crippen LogP contribution in [-0.2, 0) is 5.33 Å². The second kappa shape index (κ2) is 3.92. The number of hydrogen-bond donors (Lipinski definition) is 0. The highest BCUT2D eigenvalue weighted by molar-refractivity contribution is 9.10. The molecular weight excluding hydrogens is 291 g/mol. The Morgan fingerprint density at radius 2 is 2.09 bits per heavy atom. The predicted molar refractivity (Wildman–Crippen MR) is 56.5 cm³/mol. The number of alkyl halides is 1. The molecule has 0 radical (unpaired) electrons. The van der Waals surface area contributed by atoms with Gasteiger partial charge in [-0.2, -0.15) is 0 Å². The lowest BCUT2D eigenvalue weighted by Crippen LogP contribution is -1.86. The van der Waals surface area contributed by atoms with Crippen LogP contribution in [0.2, 0.25) is 5.02 Å². The molecule has 0 unspecified atom stereocenters. The van der Waals surface area contributed by atoms with Gasteiger partial charge in [0.05, 0.1) is 0 Å². The highest BCUT2D eigenvalue weighted by Crippen LogP contribution is 2.27. The Hall–Kier alpha value is 0.470. The van der Waals surface area contributed by atoms with Crippen LogP contribution in [0.3, 0.4) is 0 Å². The van der Waals surface area contributed by atoms with E-state index >= 15 is 0 Å². The summed E-state index contributed by atoms with van der Waals surface area (Å²) in [6, 6.07) is 3.86. The van der Waals surface area contributed by atoms with E-state index in [0.717, 1.165) is 20.4 Å². The Morgan fingerprint density at radius 3 is 2.55 bits per heavy atom. The van der Waals surface area contributed by atoms with Gasteiger partial charge in [0, 0.05) is 14.8 Å². The van der Waals surface area contributed by atoms with E-state index in [-0.39, 0.29) is 0 Å². The van der Waals surface area contributed by atoms with Crippen LogP contribution in [0.4, 0.5) is 0 Å². The monoisotopic (exact) mass is 296 g/mol. The van der Waals surface area contributed by atoms with Crippen molar-refractivity contribution in [2.75, 3.05) is 0 Å². The van der Waals surface area contributed by atoms with Gasteiger partial charge in [0.1, 0.15) is 0 Å². The lowest BCUT2D eigenvalue weighted by atomic mass is 10.1. The Bertz CT molecular complexity index is 271. The summed E-state index contributed by atoms with van der Waals surface area (Å²) in [5.74, 6) is 0. The molecule has 0 aliphatic carbocycles. The van der Waals surface area contributed by atoms with E-state index in [4.69, 9.17) is 11.6 Å². The summed E-state index contributed by atoms with van der Waals surface area (Å²) in [6.07, 6.45) is 0. The van der Waals surface area contributed by atoms with Crippen molar-refractivity contribution in [2.45, 2.75) is 12.3 Å². The van der Waals surface area contributed by atoms with Gasteiger partial charge in [-0.1, -0.05) is 43.5 Å². The van der Waals surface area contributed by atoms with Crippen LogP contribution in [0, 0.1) is 6.92 Å². The molecule has 0 bridgehead atoms. The molecule has 1 rings (SSSR count). The number of benzene rings is 1. The number of rotatable bonds is 1. The van der Waals surface area contributed by atoms with E-state index in [1.807, 2.05) is 19.1 Å². The number of hydrogen-bond acceptors (Lipinski definition) is 0. The van der Waals surface area contributed by atoms with Crippen LogP contribution in [0.1, 0.15) is 11.1 Å². The van der Waals surface area contributed by atoms with Crippen molar-refractivity contribution < 1.29 is 0 Å². The molecule has 11 heavy (non-hydrogen) atoms. The molecule has 3 heteroatoms. The molecule has 0 nitrogen and oxygen atoms in total. The minimum Gasteiger partial charge on any atom is -0.0876 e. The van der Waals surface area contributed by atoms with Crippen molar-refractivity contribution in [3.8, 4) is 0 Å². The van der Waals surface area contributed by atoms with Gasteiger partial charge in [-0.25, -0.2) is 0 Å². The minimum atomic E-state index is 0.803. The average Bonchev–Trinajstić information content (AvgIpc) is 1.99. The van der Waals surface area contributed by atoms with E-state index in [9.17, 15) is 0 Å². The highest BCUT2D eigenvalue weighted by atomic mass is 79.9. The zero-order valence-corrected chi connectivity index (χ0v) is 9.92. The third-order valence-corrected chi connectivity index (χ3v) is 3.38. The largest absolute Gasteiger partial charge is 0.0876 e. The van der Waals surface area contributed by atoms with Crippen molar-refractivity contribution in [1.82, 2.24) is 0 Å². The molecule has 0 amide bonds. The van der Waals surface area contributed by atoms with Crippen LogP contribution in [0.5, 0.6) is 0 Å². The first-order valence-corrected chi connectivity index (χ1v) is 5.45.